The first-order valence-corrected chi connectivity index (χ1v) is 19.2. The fraction of sp³-hybridized carbons (Fsp3) is 0.486. The highest BCUT2D eigenvalue weighted by atomic mass is 32.2. The Morgan fingerprint density at radius 3 is 1.76 bits per heavy atom. The Morgan fingerprint density at radius 1 is 0.655 bits per heavy atom. The van der Waals surface area contributed by atoms with Crippen molar-refractivity contribution < 1.29 is 43.1 Å². The van der Waals surface area contributed by atoms with Gasteiger partial charge in [0.2, 0.25) is 29.5 Å². The topological polar surface area (TPSA) is 264 Å². The summed E-state index contributed by atoms with van der Waals surface area (Å²) in [6.07, 6.45) is 2.69. The second-order valence-electron chi connectivity index (χ2n) is 12.5. The van der Waals surface area contributed by atoms with Gasteiger partial charge in [-0.2, -0.15) is 11.8 Å². The number of carboxylic acid groups (broad SMARTS) is 1. The van der Waals surface area contributed by atoms with Crippen LogP contribution in [-0.4, -0.2) is 109 Å². The van der Waals surface area contributed by atoms with Crippen LogP contribution in [-0.2, 0) is 41.9 Å². The Kier molecular flexibility index (Phi) is 22.3. The largest absolute Gasteiger partial charge is 0.480 e. The number of benzene rings is 2. The van der Waals surface area contributed by atoms with E-state index in [0.717, 1.165) is 0 Å². The minimum absolute atomic E-state index is 0.00176. The van der Waals surface area contributed by atoms with E-state index in [1.54, 1.807) is 30.3 Å². The molecule has 0 saturated heterocycles. The van der Waals surface area contributed by atoms with Gasteiger partial charge in [0.25, 0.3) is 5.91 Å². The van der Waals surface area contributed by atoms with E-state index in [4.69, 9.17) is 11.5 Å². The molecule has 302 valence electrons. The van der Waals surface area contributed by atoms with Gasteiger partial charge in [-0.25, -0.2) is 9.18 Å². The van der Waals surface area contributed by atoms with Gasteiger partial charge in [0.1, 0.15) is 24.8 Å². The highest BCUT2D eigenvalue weighted by Crippen LogP contribution is 2.08. The summed E-state index contributed by atoms with van der Waals surface area (Å²) in [5, 5.41) is 24.7. The van der Waals surface area contributed by atoms with Crippen molar-refractivity contribution in [3.05, 3.63) is 71.3 Å². The van der Waals surface area contributed by atoms with Gasteiger partial charge in [-0.05, 0) is 74.9 Å². The van der Waals surface area contributed by atoms with E-state index in [1.807, 2.05) is 0 Å². The number of hydrogen-bond donors (Lipinski definition) is 9. The van der Waals surface area contributed by atoms with E-state index in [9.17, 15) is 43.1 Å². The Labute approximate surface area is 324 Å². The molecule has 3 atom stereocenters. The van der Waals surface area contributed by atoms with Crippen LogP contribution in [0, 0.1) is 0 Å². The van der Waals surface area contributed by atoms with E-state index in [-0.39, 0.29) is 37.5 Å². The van der Waals surface area contributed by atoms with Crippen LogP contribution in [0.5, 0.6) is 0 Å². The van der Waals surface area contributed by atoms with Crippen molar-refractivity contribution in [1.29, 1.82) is 0 Å². The number of nitrogens with two attached hydrogens (primary N) is 2. The molecule has 0 aliphatic heterocycles. The van der Waals surface area contributed by atoms with Crippen LogP contribution in [0.2, 0.25) is 0 Å². The lowest BCUT2D eigenvalue weighted by Crippen LogP contribution is -2.54. The molecule has 11 N–H and O–H groups in total. The number of nitrogens with one attached hydrogen (secondary N) is 6. The number of hydrogen-bond acceptors (Lipinski definition) is 10. The third-order valence-corrected chi connectivity index (χ3v) is 9.05. The van der Waals surface area contributed by atoms with E-state index >= 15 is 0 Å². The minimum atomic E-state index is -1.22. The van der Waals surface area contributed by atoms with Gasteiger partial charge in [0.15, 0.2) is 0 Å². The summed E-state index contributed by atoms with van der Waals surface area (Å²) < 4.78 is 12.7. The third kappa shape index (κ3) is 19.2. The van der Waals surface area contributed by atoms with E-state index in [0.29, 0.717) is 61.2 Å². The van der Waals surface area contributed by atoms with Crippen molar-refractivity contribution in [1.82, 2.24) is 31.9 Å². The lowest BCUT2D eigenvalue weighted by atomic mass is 10.1. The Balaban J connectivity index is 1.90. The fourth-order valence-corrected chi connectivity index (χ4v) is 5.79. The molecule has 16 nitrogen and oxygen atoms in total. The molecule has 0 radical (unpaired) electrons. The molecule has 0 fully saturated rings. The van der Waals surface area contributed by atoms with E-state index < -0.39 is 73.4 Å². The molecule has 55 heavy (non-hydrogen) atoms. The summed E-state index contributed by atoms with van der Waals surface area (Å²) in [5.41, 5.74) is 12.6. The number of rotatable bonds is 27. The zero-order valence-electron chi connectivity index (χ0n) is 30.8. The maximum absolute atomic E-state index is 13.2. The predicted molar refractivity (Wildman–Crippen MR) is 206 cm³/mol. The average Bonchev–Trinajstić information content (AvgIpc) is 3.18. The van der Waals surface area contributed by atoms with Crippen molar-refractivity contribution in [2.45, 2.75) is 69.7 Å². The second kappa shape index (κ2) is 26.7. The van der Waals surface area contributed by atoms with Crippen molar-refractivity contribution in [2.75, 3.05) is 44.2 Å². The van der Waals surface area contributed by atoms with Crippen LogP contribution in [0.15, 0.2) is 54.6 Å². The number of carbonyl (C=O) groups excluding carboxylic acids is 6. The number of thioether (sulfide) groups is 1. The summed E-state index contributed by atoms with van der Waals surface area (Å²) in [6.45, 7) is -0.640. The van der Waals surface area contributed by atoms with E-state index in [2.05, 4.69) is 31.9 Å². The van der Waals surface area contributed by atoms with Crippen molar-refractivity contribution >= 4 is 53.2 Å². The number of carbonyl (C=O) groups is 7. The maximum Gasteiger partial charge on any atom is 0.326 e. The Morgan fingerprint density at radius 2 is 1.20 bits per heavy atom. The van der Waals surface area contributed by atoms with Gasteiger partial charge in [-0.3, -0.25) is 28.8 Å². The highest BCUT2D eigenvalue weighted by Gasteiger charge is 2.25. The Hall–Kier alpha value is -5.07. The van der Waals surface area contributed by atoms with Gasteiger partial charge < -0.3 is 48.5 Å². The number of amides is 6. The molecular formula is C37H53FN8O8S. The first kappa shape index (κ1) is 46.1. The monoisotopic (exact) mass is 787 g/mol. The number of aliphatic carboxylic acids is 1. The molecule has 0 heterocycles. The van der Waals surface area contributed by atoms with Crippen molar-refractivity contribution in [3.63, 3.8) is 0 Å². The molecule has 2 aromatic rings. The minimum Gasteiger partial charge on any atom is -0.480 e. The number of unbranched alkanes of at least 4 members (excludes halogenated alkanes) is 2. The van der Waals surface area contributed by atoms with Crippen molar-refractivity contribution in [3.8, 4) is 0 Å². The quantitative estimate of drug-likeness (QED) is 0.0540. The summed E-state index contributed by atoms with van der Waals surface area (Å²) in [7, 11) is 0. The maximum atomic E-state index is 13.2. The predicted octanol–water partition coefficient (Wildman–Crippen LogP) is -0.109. The lowest BCUT2D eigenvalue weighted by molar-refractivity contribution is -0.142. The molecule has 0 aliphatic carbocycles. The molecule has 2 rings (SSSR count). The van der Waals surface area contributed by atoms with E-state index in [1.165, 1.54) is 36.0 Å². The average molecular weight is 788 g/mol. The molecule has 2 aromatic carbocycles. The van der Waals surface area contributed by atoms with Gasteiger partial charge in [-0.15, -0.1) is 0 Å². The van der Waals surface area contributed by atoms with Gasteiger partial charge >= 0.3 is 5.97 Å². The van der Waals surface area contributed by atoms with Crippen LogP contribution in [0.1, 0.15) is 60.0 Å². The molecule has 0 aromatic heterocycles. The number of alkyl halides is 1. The fourth-order valence-electron chi connectivity index (χ4n) is 5.13. The van der Waals surface area contributed by atoms with Crippen LogP contribution in [0.25, 0.3) is 0 Å². The molecule has 6 amide bonds. The number of carboxylic acids is 1. The van der Waals surface area contributed by atoms with Gasteiger partial charge in [-0.1, -0.05) is 42.5 Å². The standard InChI is InChI=1S/C37H53FN8O8S/c38-21-26-12-14-27(15-13-26)34(50)41-18-19-55-24-33(49)44-28(10-4-6-16-39)35(51)42-23-32(48)46-30(20-25-8-2-1-3-9-25)36(52)43-22-31(47)45-29(37(53)54)11-5-7-17-40/h1-3,8-9,12-15,28-30H,4-7,10-11,16-24,39-40H2,(H,41,50)(H,42,51)(H,43,52)(H,44,49)(H,45,47)(H,46,48)(H,53,54)/t28-,29-,30-/m0/s1/i38-1. The Bertz CT molecular complexity index is 1540. The molecule has 18 heteroatoms. The zero-order chi connectivity index (χ0) is 40.4. The van der Waals surface area contributed by atoms with Gasteiger partial charge in [0, 0.05) is 24.3 Å². The van der Waals surface area contributed by atoms with Gasteiger partial charge in [0.05, 0.1) is 18.8 Å². The first-order valence-electron chi connectivity index (χ1n) is 18.1. The molecule has 0 bridgehead atoms. The summed E-state index contributed by atoms with van der Waals surface area (Å²) in [6, 6.07) is 11.6. The molecule has 0 unspecified atom stereocenters. The normalized spacial score (nSPS) is 12.3. The summed E-state index contributed by atoms with van der Waals surface area (Å²) in [4.78, 5) is 88.3. The SMILES string of the molecule is NCCCC[C@H](NC(=O)CNC(=O)[C@H](Cc1ccccc1)NC(=O)CNC(=O)[C@H](CCCCN)NC(=O)CSCCNC(=O)c1ccc(C[18F])cc1)C(=O)O. The van der Waals surface area contributed by atoms with Crippen LogP contribution in [0.4, 0.5) is 4.39 Å². The number of halogens is 1. The molecule has 0 spiro atoms. The van der Waals surface area contributed by atoms with Crippen LogP contribution < -0.4 is 43.4 Å². The summed E-state index contributed by atoms with van der Waals surface area (Å²) in [5.74, 6) is -4.31. The first-order chi connectivity index (χ1) is 26.5. The molecular weight excluding hydrogens is 735 g/mol. The van der Waals surface area contributed by atoms with Crippen molar-refractivity contribution in [2.24, 2.45) is 11.5 Å². The molecule has 0 saturated carbocycles. The lowest BCUT2D eigenvalue weighted by Gasteiger charge is -2.21. The second-order valence-corrected chi connectivity index (χ2v) is 13.6. The van der Waals surface area contributed by atoms with Crippen LogP contribution >= 0.6 is 11.8 Å². The third-order valence-electron chi connectivity index (χ3n) is 8.10. The summed E-state index contributed by atoms with van der Waals surface area (Å²) >= 11 is 1.24. The zero-order valence-corrected chi connectivity index (χ0v) is 31.6. The smallest absolute Gasteiger partial charge is 0.326 e. The highest BCUT2D eigenvalue weighted by molar-refractivity contribution is 7.99. The van der Waals surface area contributed by atoms with Crippen LogP contribution in [0.3, 0.4) is 0 Å². The molecule has 0 aliphatic rings.